The van der Waals surface area contributed by atoms with Gasteiger partial charge in [-0.15, -0.1) is 0 Å². The highest BCUT2D eigenvalue weighted by atomic mass is 19.1. The maximum atomic E-state index is 15.7. The van der Waals surface area contributed by atoms with Gasteiger partial charge in [0.25, 0.3) is 5.56 Å². The lowest BCUT2D eigenvalue weighted by atomic mass is 9.92. The summed E-state index contributed by atoms with van der Waals surface area (Å²) in [6, 6.07) is 3.22. The molecule has 0 bridgehead atoms. The van der Waals surface area contributed by atoms with Gasteiger partial charge in [0.15, 0.2) is 5.78 Å². The number of Topliss-reactive ketones (excluding diaryl/α,β-unsaturated/α-hetero) is 1. The van der Waals surface area contributed by atoms with E-state index in [4.69, 9.17) is 4.74 Å². The number of aromatic nitrogens is 2. The van der Waals surface area contributed by atoms with Crippen LogP contribution < -0.4 is 10.9 Å². The zero-order chi connectivity index (χ0) is 27.4. The molecule has 2 rings (SSSR count). The van der Waals surface area contributed by atoms with Gasteiger partial charge in [0, 0.05) is 36.7 Å². The Labute approximate surface area is 211 Å². The lowest BCUT2D eigenvalue weighted by molar-refractivity contribution is -0.115. The highest BCUT2D eigenvalue weighted by Gasteiger charge is 2.22. The van der Waals surface area contributed by atoms with Gasteiger partial charge in [0.1, 0.15) is 17.2 Å². The minimum atomic E-state index is -0.668. The van der Waals surface area contributed by atoms with Crippen LogP contribution in [0.25, 0.3) is 16.5 Å². The molecule has 0 saturated heterocycles. The highest BCUT2D eigenvalue weighted by molar-refractivity contribution is 6.01. The molecule has 1 N–H and O–H groups in total. The highest BCUT2D eigenvalue weighted by Crippen LogP contribution is 2.32. The van der Waals surface area contributed by atoms with Crippen molar-refractivity contribution in [3.8, 4) is 0 Å². The molecule has 36 heavy (non-hydrogen) atoms. The second-order valence-corrected chi connectivity index (χ2v) is 9.60. The molecule has 0 atom stereocenters. The van der Waals surface area contributed by atoms with E-state index < -0.39 is 17.5 Å². The van der Waals surface area contributed by atoms with Crippen molar-refractivity contribution in [2.24, 2.45) is 7.05 Å². The van der Waals surface area contributed by atoms with Crippen LogP contribution >= 0.6 is 0 Å². The zero-order valence-electron chi connectivity index (χ0n) is 22.6. The van der Waals surface area contributed by atoms with Crippen LogP contribution in [0.3, 0.4) is 0 Å². The number of pyridine rings is 2. The minimum Gasteiger partial charge on any atom is -0.444 e. The van der Waals surface area contributed by atoms with E-state index in [-0.39, 0.29) is 40.3 Å². The Morgan fingerprint density at radius 2 is 1.81 bits per heavy atom. The molecule has 8 heteroatoms. The van der Waals surface area contributed by atoms with Gasteiger partial charge in [-0.3, -0.25) is 14.9 Å². The van der Waals surface area contributed by atoms with Crippen LogP contribution in [0.1, 0.15) is 73.8 Å². The average Bonchev–Trinajstić information content (AvgIpc) is 2.81. The van der Waals surface area contributed by atoms with E-state index in [1.54, 1.807) is 73.7 Å². The number of amides is 1. The number of nitrogens with one attached hydrogen (secondary N) is 1. The van der Waals surface area contributed by atoms with Crippen LogP contribution in [0.2, 0.25) is 0 Å². The van der Waals surface area contributed by atoms with Crippen LogP contribution in [0.5, 0.6) is 0 Å². The van der Waals surface area contributed by atoms with Crippen LogP contribution in [0.15, 0.2) is 51.7 Å². The van der Waals surface area contributed by atoms with E-state index in [2.05, 4.69) is 10.3 Å². The van der Waals surface area contributed by atoms with Gasteiger partial charge in [-0.25, -0.2) is 14.2 Å². The first-order valence-corrected chi connectivity index (χ1v) is 12.0. The van der Waals surface area contributed by atoms with Crippen LogP contribution in [-0.4, -0.2) is 27.0 Å². The first kappa shape index (κ1) is 28.7. The number of carbonyl (C=O) groups excluding carboxylic acids is 2. The fourth-order valence-electron chi connectivity index (χ4n) is 3.81. The fourth-order valence-corrected chi connectivity index (χ4v) is 3.81. The zero-order valence-corrected chi connectivity index (χ0v) is 22.6. The number of ether oxygens (including phenoxy) is 1. The summed E-state index contributed by atoms with van der Waals surface area (Å²) in [6.45, 7) is 13.9. The van der Waals surface area contributed by atoms with Crippen molar-refractivity contribution in [3.63, 3.8) is 0 Å². The predicted octanol–water partition coefficient (Wildman–Crippen LogP) is 6.63. The molecule has 0 fully saturated rings. The van der Waals surface area contributed by atoms with Gasteiger partial charge in [0.2, 0.25) is 0 Å². The largest absolute Gasteiger partial charge is 0.444 e. The number of halogens is 1. The molecular weight excluding hydrogens is 461 g/mol. The van der Waals surface area contributed by atoms with E-state index in [0.717, 1.165) is 0 Å². The molecule has 0 aliphatic rings. The molecule has 0 spiro atoms. The third-order valence-corrected chi connectivity index (χ3v) is 5.83. The van der Waals surface area contributed by atoms with Gasteiger partial charge in [-0.1, -0.05) is 25.5 Å². The van der Waals surface area contributed by atoms with E-state index >= 15 is 4.39 Å². The summed E-state index contributed by atoms with van der Waals surface area (Å²) in [5, 5.41) is 3.20. The van der Waals surface area contributed by atoms with Gasteiger partial charge >= 0.3 is 6.09 Å². The van der Waals surface area contributed by atoms with Gasteiger partial charge in [-0.2, -0.15) is 0 Å². The number of hydrogen-bond acceptors (Lipinski definition) is 5. The van der Waals surface area contributed by atoms with Crippen molar-refractivity contribution >= 4 is 34.2 Å². The molecule has 1 amide bonds. The first-order valence-electron chi connectivity index (χ1n) is 12.0. The summed E-state index contributed by atoms with van der Waals surface area (Å²) in [7, 11) is 1.60. The lowest BCUT2D eigenvalue weighted by Crippen LogP contribution is -2.27. The summed E-state index contributed by atoms with van der Waals surface area (Å²) in [5.41, 5.74) is 1.16. The number of allylic oxidation sites excluding steroid dienone is 6. The van der Waals surface area contributed by atoms with Crippen molar-refractivity contribution in [1.29, 1.82) is 0 Å². The number of nitrogens with zero attached hydrogens (tertiary/aromatic N) is 2. The maximum Gasteiger partial charge on any atom is 0.413 e. The number of anilines is 1. The van der Waals surface area contributed by atoms with Crippen molar-refractivity contribution < 1.29 is 18.7 Å². The second-order valence-electron chi connectivity index (χ2n) is 9.60. The molecule has 0 radical (unpaired) electrons. The van der Waals surface area contributed by atoms with Gasteiger partial charge < -0.3 is 9.30 Å². The molecular formula is C28H36FN3O4. The summed E-state index contributed by atoms with van der Waals surface area (Å²) in [5.74, 6) is -0.662. The number of rotatable bonds is 7. The topological polar surface area (TPSA) is 90.3 Å². The minimum absolute atomic E-state index is 0.0778. The Hall–Kier alpha value is -3.55. The molecule has 7 nitrogen and oxygen atoms in total. The van der Waals surface area contributed by atoms with Crippen molar-refractivity contribution in [2.45, 2.75) is 73.8 Å². The molecule has 2 aromatic heterocycles. The third-order valence-electron chi connectivity index (χ3n) is 5.83. The number of ketones is 1. The number of aryl methyl sites for hydroxylation is 1. The summed E-state index contributed by atoms with van der Waals surface area (Å²) >= 11 is 0. The molecule has 0 saturated carbocycles. The molecule has 194 valence electrons. The number of carbonyl (C=O) groups is 2. The monoisotopic (exact) mass is 497 g/mol. The molecule has 2 heterocycles. The molecule has 2 aromatic rings. The van der Waals surface area contributed by atoms with Crippen molar-refractivity contribution in [3.05, 3.63) is 62.9 Å². The summed E-state index contributed by atoms with van der Waals surface area (Å²) < 4.78 is 22.4. The fraction of sp³-hybridized carbons (Fsp3) is 0.429. The second kappa shape index (κ2) is 11.5. The Morgan fingerprint density at radius 3 is 2.33 bits per heavy atom. The molecule has 0 unspecified atom stereocenters. The van der Waals surface area contributed by atoms with Crippen molar-refractivity contribution in [2.75, 3.05) is 5.32 Å². The summed E-state index contributed by atoms with van der Waals surface area (Å²) in [6.07, 6.45) is 3.26. The molecule has 0 aliphatic carbocycles. The Bertz CT molecular complexity index is 1340. The quantitative estimate of drug-likeness (QED) is 0.342. The Morgan fingerprint density at radius 1 is 1.17 bits per heavy atom. The SMILES string of the molecule is C\C=C(/C(C)=C(F)\C(C(=O)CC)=C(/C)CC)c1cc2cnc(NC(=O)OC(C)(C)C)cc2n(C)c1=O. The lowest BCUT2D eigenvalue weighted by Gasteiger charge is -2.19. The first-order chi connectivity index (χ1) is 16.7. The standard InChI is InChI=1S/C28H36FN3O4/c1-10-16(4)24(22(33)12-3)25(29)17(5)19(11-2)20-13-18-15-30-23(14-21(18)32(9)26(20)34)31-27(35)36-28(6,7)8/h11,13-15H,10,12H2,1-9H3,(H,30,31,35)/b19-11+,24-16+,25-17+. The number of fused-ring (bicyclic) bond motifs is 1. The number of hydrogen-bond donors (Lipinski definition) is 1. The van der Waals surface area contributed by atoms with Crippen molar-refractivity contribution in [1.82, 2.24) is 9.55 Å². The normalized spacial score (nSPS) is 13.8. The molecule has 0 aromatic carbocycles. The maximum absolute atomic E-state index is 15.7. The van der Waals surface area contributed by atoms with E-state index in [1.807, 2.05) is 6.92 Å². The van der Waals surface area contributed by atoms with E-state index in [1.165, 1.54) is 10.8 Å². The average molecular weight is 498 g/mol. The van der Waals surface area contributed by atoms with Crippen LogP contribution in [-0.2, 0) is 16.6 Å². The Balaban J connectivity index is 2.62. The van der Waals surface area contributed by atoms with E-state index in [9.17, 15) is 14.4 Å². The van der Waals surface area contributed by atoms with Crippen LogP contribution in [0, 0.1) is 0 Å². The third kappa shape index (κ3) is 6.36. The predicted molar refractivity (Wildman–Crippen MR) is 143 cm³/mol. The van der Waals surface area contributed by atoms with E-state index in [0.29, 0.717) is 28.5 Å². The van der Waals surface area contributed by atoms with Gasteiger partial charge in [0.05, 0.1) is 11.1 Å². The smallest absolute Gasteiger partial charge is 0.413 e. The van der Waals surface area contributed by atoms with Gasteiger partial charge in [-0.05, 0) is 65.2 Å². The molecule has 0 aliphatic heterocycles. The Kier molecular flexibility index (Phi) is 9.13. The summed E-state index contributed by atoms with van der Waals surface area (Å²) in [4.78, 5) is 42.2. The van der Waals surface area contributed by atoms with Crippen LogP contribution in [0.4, 0.5) is 15.0 Å².